The molecule has 38 heteroatoms. The van der Waals surface area contributed by atoms with Gasteiger partial charge in [0.2, 0.25) is 17.7 Å². The molecule has 10 heterocycles. The van der Waals surface area contributed by atoms with Crippen LogP contribution in [0.25, 0.3) is 33.4 Å². The van der Waals surface area contributed by atoms with E-state index in [0.717, 1.165) is 27.3 Å². The second kappa shape index (κ2) is 46.8. The zero-order valence-corrected chi connectivity index (χ0v) is 76.0. The van der Waals surface area contributed by atoms with Gasteiger partial charge < -0.3 is 95.4 Å². The van der Waals surface area contributed by atoms with Crippen molar-refractivity contribution in [3.05, 3.63) is 132 Å². The number of amides is 2. The number of anilines is 4. The number of aliphatic hydroxyl groups is 3. The van der Waals surface area contributed by atoms with Crippen LogP contribution in [-0.4, -0.2) is 262 Å². The molecule has 1 aliphatic carbocycles. The van der Waals surface area contributed by atoms with E-state index < -0.39 is 95.4 Å². The molecule has 0 radical (unpaired) electrons. The van der Waals surface area contributed by atoms with E-state index >= 15 is 0 Å². The summed E-state index contributed by atoms with van der Waals surface area (Å²) in [5, 5.41) is 58.8. The van der Waals surface area contributed by atoms with Gasteiger partial charge in [-0.25, -0.2) is 44.1 Å². The Morgan fingerprint density at radius 1 is 0.792 bits per heavy atom. The summed E-state index contributed by atoms with van der Waals surface area (Å²) in [6.07, 6.45) is 20.7. The SMILES string of the molecule is C=C(CCOCCOCCNC(C)OCc1cn([C@H]2CC[C@@H](C[C@@H](N)[C@@H]3CC(=O)[C@H](C)/C=C(\C)[C@@H](O)[C@@H](O)C(=O)[C@H](C)C[C@H](C)/C=C/C=C/C=C(\C)[C@@H](OC)C[C@@H]4CC[C@@H](C)[C@@](O)(O4)C(=O)C(=O)N4CCCC[C@H]4C(=O)O3)C[C@H]2OC)nn1)NCc1cnc(N2CCN(c3ncc(C(=O)NCCCCn4nc(-c5ccc6oc(N)nc6c5)c5c(N)ncnc54)cn3)CC2)nc1. The molecule has 704 valence electrons. The molecule has 38 nitrogen and oxygen atoms in total. The lowest BCUT2D eigenvalue weighted by Crippen LogP contribution is -2.61. The Bertz CT molecular complexity index is 5090. The number of benzene rings is 1. The number of allylic oxidation sites excluding steroid dienone is 6. The number of carbonyl (C=O) groups is 6. The van der Waals surface area contributed by atoms with Crippen molar-refractivity contribution < 1.29 is 81.7 Å². The van der Waals surface area contributed by atoms with Crippen molar-refractivity contribution >= 4 is 81.0 Å². The van der Waals surface area contributed by atoms with Crippen LogP contribution in [0.4, 0.5) is 23.7 Å². The van der Waals surface area contributed by atoms with Crippen LogP contribution in [0.3, 0.4) is 0 Å². The maximum absolute atomic E-state index is 14.8. The maximum atomic E-state index is 14.8. The first kappa shape index (κ1) is 98.3. The topological polar surface area (TPSA) is 503 Å². The minimum Gasteiger partial charge on any atom is -0.459 e. The number of aryl methyl sites for hydroxylation is 1. The predicted molar refractivity (Wildman–Crippen MR) is 484 cm³/mol. The first-order valence-corrected chi connectivity index (χ1v) is 45.3. The van der Waals surface area contributed by atoms with Crippen molar-refractivity contribution in [1.29, 1.82) is 0 Å². The molecule has 16 atom stereocenters. The summed E-state index contributed by atoms with van der Waals surface area (Å²) in [5.41, 5.74) is 26.1. The van der Waals surface area contributed by atoms with Crippen molar-refractivity contribution in [3.63, 3.8) is 0 Å². The highest BCUT2D eigenvalue weighted by Crippen LogP contribution is 2.40. The second-order valence-corrected chi connectivity index (χ2v) is 35.0. The van der Waals surface area contributed by atoms with Crippen LogP contribution in [0, 0.1) is 29.6 Å². The Morgan fingerprint density at radius 3 is 2.27 bits per heavy atom. The lowest BCUT2D eigenvalue weighted by molar-refractivity contribution is -0.265. The Labute approximate surface area is 757 Å². The fourth-order valence-corrected chi connectivity index (χ4v) is 17.4. The molecule has 4 fully saturated rings. The summed E-state index contributed by atoms with van der Waals surface area (Å²) in [4.78, 5) is 122. The molecule has 4 aliphatic heterocycles. The lowest BCUT2D eigenvalue weighted by atomic mass is 9.79. The number of hydrogen-bond donors (Lipinski definition) is 9. The molecule has 2 bridgehead atoms. The molecule has 5 aliphatic rings. The molecule has 2 amide bonds. The van der Waals surface area contributed by atoms with E-state index in [1.54, 1.807) is 62.8 Å². The van der Waals surface area contributed by atoms with Crippen LogP contribution in [0.2, 0.25) is 0 Å². The van der Waals surface area contributed by atoms with Gasteiger partial charge in [0.15, 0.2) is 17.0 Å². The van der Waals surface area contributed by atoms with Gasteiger partial charge >= 0.3 is 5.97 Å². The number of aliphatic hydroxyl groups excluding tert-OH is 2. The van der Waals surface area contributed by atoms with Crippen LogP contribution in [0.15, 0.2) is 120 Å². The van der Waals surface area contributed by atoms with Gasteiger partial charge in [-0.3, -0.25) is 29.3 Å². The number of piperazine rings is 1. The van der Waals surface area contributed by atoms with Gasteiger partial charge in [-0.2, -0.15) is 10.1 Å². The number of Topliss-reactive ketones (excluding diaryl/α,β-unsaturated/α-hetero) is 3. The number of unbranched alkanes of at least 4 members (excludes halogenated alkanes) is 1. The van der Waals surface area contributed by atoms with Crippen molar-refractivity contribution in [2.75, 3.05) is 108 Å². The Hall–Kier alpha value is -10.8. The third-order valence-electron chi connectivity index (χ3n) is 25.3. The third kappa shape index (κ3) is 25.9. The van der Waals surface area contributed by atoms with Crippen LogP contribution in [-0.2, 0) is 76.8 Å². The number of aromatic nitrogens is 12. The van der Waals surface area contributed by atoms with Crippen molar-refractivity contribution in [3.8, 4) is 11.3 Å². The molecule has 130 heavy (non-hydrogen) atoms. The van der Waals surface area contributed by atoms with Crippen molar-refractivity contribution in [2.24, 2.45) is 35.3 Å². The molecule has 7 aromatic rings. The first-order valence-electron chi connectivity index (χ1n) is 45.3. The van der Waals surface area contributed by atoms with E-state index in [2.05, 4.69) is 77.5 Å². The average Bonchev–Trinajstić information content (AvgIpc) is 1.55. The summed E-state index contributed by atoms with van der Waals surface area (Å²) in [6.45, 7) is 22.9. The van der Waals surface area contributed by atoms with Crippen molar-refractivity contribution in [2.45, 2.75) is 231 Å². The van der Waals surface area contributed by atoms with Gasteiger partial charge in [-0.15, -0.1) is 5.10 Å². The highest BCUT2D eigenvalue weighted by molar-refractivity contribution is 6.39. The summed E-state index contributed by atoms with van der Waals surface area (Å²) >= 11 is 0. The fraction of sp³-hybridized carbons (Fsp3) is 0.587. The normalized spacial score (nSPS) is 27.1. The number of hydrogen-bond acceptors (Lipinski definition) is 34. The largest absolute Gasteiger partial charge is 0.459 e. The Kier molecular flexibility index (Phi) is 35.4. The van der Waals surface area contributed by atoms with E-state index in [4.69, 9.17) is 59.9 Å². The molecule has 3 saturated heterocycles. The maximum Gasteiger partial charge on any atom is 0.329 e. The molecule has 1 aromatic carbocycles. The number of piperidine rings is 1. The number of oxazole rings is 1. The zero-order valence-electron chi connectivity index (χ0n) is 76.0. The number of ether oxygens (including phenoxy) is 7. The number of esters is 1. The summed E-state index contributed by atoms with van der Waals surface area (Å²) in [7, 11) is 3.19. The molecule has 1 unspecified atom stereocenters. The van der Waals surface area contributed by atoms with E-state index in [1.165, 1.54) is 19.3 Å². The number of nitrogens with two attached hydrogens (primary N) is 3. The average molecular weight is 1800 g/mol. The van der Waals surface area contributed by atoms with Crippen LogP contribution >= 0.6 is 0 Å². The van der Waals surface area contributed by atoms with E-state index in [0.29, 0.717) is 213 Å². The predicted octanol–water partition coefficient (Wildman–Crippen LogP) is 7.10. The summed E-state index contributed by atoms with van der Waals surface area (Å²) < 4.78 is 51.3. The van der Waals surface area contributed by atoms with Gasteiger partial charge in [-0.05, 0) is 139 Å². The van der Waals surface area contributed by atoms with Crippen LogP contribution < -0.4 is 43.0 Å². The molecule has 0 spiro atoms. The van der Waals surface area contributed by atoms with Gasteiger partial charge in [0.25, 0.3) is 23.6 Å². The van der Waals surface area contributed by atoms with E-state index in [-0.39, 0.29) is 80.1 Å². The molecule has 12 rings (SSSR count). The van der Waals surface area contributed by atoms with Crippen LogP contribution in [0.5, 0.6) is 0 Å². The molecule has 12 N–H and O–H groups in total. The zero-order chi connectivity index (χ0) is 92.7. The highest BCUT2D eigenvalue weighted by atomic mass is 16.6. The van der Waals surface area contributed by atoms with Crippen LogP contribution in [0.1, 0.15) is 172 Å². The van der Waals surface area contributed by atoms with Gasteiger partial charge in [-0.1, -0.05) is 75.9 Å². The van der Waals surface area contributed by atoms with Gasteiger partial charge in [0.05, 0.1) is 74.5 Å². The standard InChI is InChI=1S/C92H129N21O17/c1-55-18-12-11-13-19-56(2)75(123-9)45-68-24-21-60(6)92(122,130-68)83(118)87(120)111-30-16-14-20-72(111)88(121)128-76(46-73(114)57(3)41-59(5)81(116)82(117)80(115)58(4)40-55)69(93)42-63-22-25-71(77(43-63)124-10)113-52-67(106-108-113)53-127-62(8)96-29-37-126-39-38-125-36-27-61(7)98-47-64-48-99-90(100-49-64)109-32-34-110(35-33-109)91-101-50-66(51-102-91)86(119)97-28-15-17-31-112-85-78(84(94)103-54-104-85)79(107-112)65-23-26-74-70(44-65)105-89(95)129-74/h11-13,18-19,23,26,41,44,48-52,54-55,57-58,60,62-63,68-69,71-72,75-77,81-82,96,98,116-117,122H,7,14-17,20-22,24-25,27-40,42-43,45-47,53,93H2,1-6,8-10H3,(H2,95,105)(H,97,119)(H2,94,103,104)/b13-11+,18-12+,56-19+,59-41+/t55-,57-,58-,60-,62?,63+,68+,69-,71+,72+,75+,76+,77-,81-,82+,92-/m1/s1. The number of nitrogens with one attached hydrogen (secondary N) is 3. The number of nitrogens with zero attached hydrogens (tertiary/aromatic N) is 15. The smallest absolute Gasteiger partial charge is 0.329 e. The minimum atomic E-state index is -2.50. The minimum absolute atomic E-state index is 0.0144. The first-order chi connectivity index (χ1) is 62.6. The molecule has 6 aromatic heterocycles. The number of cyclic esters (lactones) is 1. The lowest BCUT2D eigenvalue weighted by Gasteiger charge is -2.42. The highest BCUT2D eigenvalue weighted by Gasteiger charge is 2.53. The second-order valence-electron chi connectivity index (χ2n) is 35.0. The molecular formula is C92H129N21O17. The van der Waals surface area contributed by atoms with E-state index in [9.17, 15) is 44.1 Å². The van der Waals surface area contributed by atoms with Crippen molar-refractivity contribution in [1.82, 2.24) is 80.5 Å². The number of methoxy groups -OCH3 is 2. The number of nitrogen functional groups attached to an aromatic ring is 2. The number of carbonyl (C=O) groups excluding carboxylic acids is 6. The Morgan fingerprint density at radius 2 is 1.53 bits per heavy atom. The van der Waals surface area contributed by atoms with Gasteiger partial charge in [0, 0.05) is 158 Å². The van der Waals surface area contributed by atoms with E-state index in [1.807, 2.05) is 81.9 Å². The number of ketones is 3. The molecule has 1 saturated carbocycles. The van der Waals surface area contributed by atoms with Gasteiger partial charge in [0.1, 0.15) is 65.4 Å². The summed E-state index contributed by atoms with van der Waals surface area (Å²) in [6, 6.07) is 3.18. The summed E-state index contributed by atoms with van der Waals surface area (Å²) in [5.74, 6) is -7.83. The fourth-order valence-electron chi connectivity index (χ4n) is 17.4. The number of rotatable bonds is 31. The monoisotopic (exact) mass is 1800 g/mol. The number of fused-ring (bicyclic) bond motifs is 5. The third-order valence-corrected chi connectivity index (χ3v) is 25.3. The molecular weight excluding hydrogens is 1670 g/mol. The quantitative estimate of drug-likeness (QED) is 0.00687. The Balaban J connectivity index is 0.530.